The van der Waals surface area contributed by atoms with Crippen LogP contribution in [0.3, 0.4) is 0 Å². The first-order valence-corrected chi connectivity index (χ1v) is 10.5. The molecule has 0 bridgehead atoms. The maximum Gasteiger partial charge on any atom is 0.264 e. The molecule has 2 aromatic rings. The predicted octanol–water partition coefficient (Wildman–Crippen LogP) is 2.93. The first kappa shape index (κ1) is 18.7. The molecule has 0 saturated heterocycles. The number of carbonyl (C=O) groups excluding carboxylic acids is 1. The van der Waals surface area contributed by atoms with E-state index >= 15 is 0 Å². The molecular formula is C18H19BrN2O4S. The van der Waals surface area contributed by atoms with Crippen LogP contribution in [0.2, 0.25) is 0 Å². The molecule has 138 valence electrons. The fraction of sp³-hybridized carbons (Fsp3) is 0.278. The predicted molar refractivity (Wildman–Crippen MR) is 103 cm³/mol. The fourth-order valence-corrected chi connectivity index (χ4v) is 4.40. The Balaban J connectivity index is 1.98. The number of ether oxygens (including phenoxy) is 1. The van der Waals surface area contributed by atoms with Gasteiger partial charge >= 0.3 is 0 Å². The Morgan fingerprint density at radius 1 is 1.23 bits per heavy atom. The number of nitrogens with one attached hydrogen (secondary N) is 1. The van der Waals surface area contributed by atoms with Crippen molar-refractivity contribution in [1.29, 1.82) is 0 Å². The maximum atomic E-state index is 13.2. The Morgan fingerprint density at radius 2 is 1.92 bits per heavy atom. The third kappa shape index (κ3) is 3.71. The van der Waals surface area contributed by atoms with Gasteiger partial charge in [0, 0.05) is 11.0 Å². The standard InChI is InChI=1S/C18H19BrN2O4S/c1-2-11-20-18(22)17-12-21(15-5-3-4-6-16(15)25-17)26(23,24)14-9-7-13(19)8-10-14/h3-10,17H,2,11-12H2,1H3,(H,20,22). The third-order valence-electron chi connectivity index (χ3n) is 3.98. The second kappa shape index (κ2) is 7.67. The van der Waals surface area contributed by atoms with Crippen LogP contribution in [0.25, 0.3) is 0 Å². The zero-order chi connectivity index (χ0) is 18.7. The average molecular weight is 439 g/mol. The normalized spacial score (nSPS) is 16.5. The quantitative estimate of drug-likeness (QED) is 0.778. The number of hydrogen-bond donors (Lipinski definition) is 1. The summed E-state index contributed by atoms with van der Waals surface area (Å²) in [6.45, 7) is 2.38. The molecule has 3 rings (SSSR count). The van der Waals surface area contributed by atoms with E-state index in [2.05, 4.69) is 21.2 Å². The van der Waals surface area contributed by atoms with Crippen molar-refractivity contribution in [3.05, 3.63) is 53.0 Å². The number of rotatable bonds is 5. The molecule has 0 aliphatic carbocycles. The summed E-state index contributed by atoms with van der Waals surface area (Å²) in [6, 6.07) is 13.2. The number of nitrogens with zero attached hydrogens (tertiary/aromatic N) is 1. The Kier molecular flexibility index (Phi) is 5.52. The number of para-hydroxylation sites is 2. The van der Waals surface area contributed by atoms with E-state index in [9.17, 15) is 13.2 Å². The number of fused-ring (bicyclic) bond motifs is 1. The Labute approximate surface area is 161 Å². The smallest absolute Gasteiger partial charge is 0.264 e. The number of sulfonamides is 1. The number of hydrogen-bond acceptors (Lipinski definition) is 4. The zero-order valence-corrected chi connectivity index (χ0v) is 16.6. The van der Waals surface area contributed by atoms with E-state index in [4.69, 9.17) is 4.74 Å². The molecule has 1 heterocycles. The molecule has 0 spiro atoms. The third-order valence-corrected chi connectivity index (χ3v) is 6.30. The van der Waals surface area contributed by atoms with Crippen molar-refractivity contribution in [3.63, 3.8) is 0 Å². The minimum atomic E-state index is -3.83. The molecule has 1 unspecified atom stereocenters. The van der Waals surface area contributed by atoms with Crippen LogP contribution in [0.5, 0.6) is 5.75 Å². The summed E-state index contributed by atoms with van der Waals surface area (Å²) >= 11 is 3.31. The van der Waals surface area contributed by atoms with Crippen LogP contribution in [0.4, 0.5) is 5.69 Å². The monoisotopic (exact) mass is 438 g/mol. The van der Waals surface area contributed by atoms with Crippen molar-refractivity contribution in [2.45, 2.75) is 24.3 Å². The number of halogens is 1. The molecule has 1 amide bonds. The molecule has 1 atom stereocenters. The van der Waals surface area contributed by atoms with E-state index < -0.39 is 16.1 Å². The maximum absolute atomic E-state index is 13.2. The van der Waals surface area contributed by atoms with Gasteiger partial charge in [0.2, 0.25) is 0 Å². The lowest BCUT2D eigenvalue weighted by atomic mass is 10.2. The zero-order valence-electron chi connectivity index (χ0n) is 14.2. The highest BCUT2D eigenvalue weighted by Gasteiger charge is 2.37. The lowest BCUT2D eigenvalue weighted by molar-refractivity contribution is -0.127. The largest absolute Gasteiger partial charge is 0.476 e. The van der Waals surface area contributed by atoms with Gasteiger partial charge in [-0.3, -0.25) is 9.10 Å². The minimum absolute atomic E-state index is 0.0784. The molecule has 1 N–H and O–H groups in total. The van der Waals surface area contributed by atoms with E-state index in [0.717, 1.165) is 10.9 Å². The van der Waals surface area contributed by atoms with E-state index in [1.165, 1.54) is 16.4 Å². The molecule has 1 aliphatic heterocycles. The average Bonchev–Trinajstić information content (AvgIpc) is 2.65. The van der Waals surface area contributed by atoms with Crippen LogP contribution < -0.4 is 14.4 Å². The second-order valence-electron chi connectivity index (χ2n) is 5.86. The molecule has 0 aromatic heterocycles. The van der Waals surface area contributed by atoms with Crippen LogP contribution in [0.1, 0.15) is 13.3 Å². The summed E-state index contributed by atoms with van der Waals surface area (Å²) < 4.78 is 34.1. The second-order valence-corrected chi connectivity index (χ2v) is 8.63. The summed E-state index contributed by atoms with van der Waals surface area (Å²) in [4.78, 5) is 12.5. The lowest BCUT2D eigenvalue weighted by Crippen LogP contribution is -2.50. The Morgan fingerprint density at radius 3 is 2.62 bits per heavy atom. The van der Waals surface area contributed by atoms with Crippen LogP contribution in [0.15, 0.2) is 57.9 Å². The van der Waals surface area contributed by atoms with Crippen molar-refractivity contribution in [2.24, 2.45) is 0 Å². The number of benzene rings is 2. The molecular weight excluding hydrogens is 420 g/mol. The van der Waals surface area contributed by atoms with Gasteiger partial charge in [-0.15, -0.1) is 0 Å². The fourth-order valence-electron chi connectivity index (χ4n) is 2.66. The topological polar surface area (TPSA) is 75.7 Å². The molecule has 6 nitrogen and oxygen atoms in total. The van der Waals surface area contributed by atoms with Crippen LogP contribution in [0, 0.1) is 0 Å². The van der Waals surface area contributed by atoms with Gasteiger partial charge in [0.05, 0.1) is 17.1 Å². The van der Waals surface area contributed by atoms with E-state index in [1.807, 2.05) is 6.92 Å². The first-order valence-electron chi connectivity index (χ1n) is 8.25. The van der Waals surface area contributed by atoms with Crippen molar-refractivity contribution >= 4 is 37.5 Å². The highest BCUT2D eigenvalue weighted by molar-refractivity contribution is 9.10. The van der Waals surface area contributed by atoms with Gasteiger partial charge in [0.15, 0.2) is 6.10 Å². The van der Waals surface area contributed by atoms with Gasteiger partial charge in [-0.05, 0) is 42.8 Å². The van der Waals surface area contributed by atoms with Crippen molar-refractivity contribution in [3.8, 4) is 5.75 Å². The summed E-state index contributed by atoms with van der Waals surface area (Å²) in [5.41, 5.74) is 0.426. The van der Waals surface area contributed by atoms with Crippen LogP contribution in [-0.4, -0.2) is 33.5 Å². The Bertz CT molecular complexity index is 900. The van der Waals surface area contributed by atoms with E-state index in [0.29, 0.717) is 18.0 Å². The van der Waals surface area contributed by atoms with E-state index in [-0.39, 0.29) is 17.3 Å². The van der Waals surface area contributed by atoms with Gasteiger partial charge in [0.1, 0.15) is 5.75 Å². The minimum Gasteiger partial charge on any atom is -0.476 e. The highest BCUT2D eigenvalue weighted by Crippen LogP contribution is 2.36. The molecule has 0 saturated carbocycles. The van der Waals surface area contributed by atoms with Gasteiger partial charge in [0.25, 0.3) is 15.9 Å². The number of amides is 1. The van der Waals surface area contributed by atoms with Crippen LogP contribution >= 0.6 is 15.9 Å². The van der Waals surface area contributed by atoms with Crippen molar-refractivity contribution < 1.29 is 17.9 Å². The molecule has 1 aliphatic rings. The van der Waals surface area contributed by atoms with Gasteiger partial charge < -0.3 is 10.1 Å². The van der Waals surface area contributed by atoms with Gasteiger partial charge in [-0.25, -0.2) is 8.42 Å². The summed E-state index contributed by atoms with van der Waals surface area (Å²) in [6.07, 6.45) is -0.114. The molecule has 8 heteroatoms. The van der Waals surface area contributed by atoms with Crippen molar-refractivity contribution in [2.75, 3.05) is 17.4 Å². The summed E-state index contributed by atoms with van der Waals surface area (Å²) in [5.74, 6) is 0.0495. The molecule has 0 radical (unpaired) electrons. The first-order chi connectivity index (χ1) is 12.4. The Hall–Kier alpha value is -2.06. The number of anilines is 1. The van der Waals surface area contributed by atoms with Crippen LogP contribution in [-0.2, 0) is 14.8 Å². The van der Waals surface area contributed by atoms with Gasteiger partial charge in [-0.1, -0.05) is 35.0 Å². The van der Waals surface area contributed by atoms with Gasteiger partial charge in [-0.2, -0.15) is 0 Å². The molecule has 2 aromatic carbocycles. The summed E-state index contributed by atoms with van der Waals surface area (Å²) in [7, 11) is -3.83. The van der Waals surface area contributed by atoms with Crippen molar-refractivity contribution in [1.82, 2.24) is 5.32 Å². The number of carbonyl (C=O) groups is 1. The van der Waals surface area contributed by atoms with E-state index in [1.54, 1.807) is 36.4 Å². The SMILES string of the molecule is CCCNC(=O)C1CN(S(=O)(=O)c2ccc(Br)cc2)c2ccccc2O1. The summed E-state index contributed by atoms with van der Waals surface area (Å²) in [5, 5.41) is 2.76. The highest BCUT2D eigenvalue weighted by atomic mass is 79.9. The lowest BCUT2D eigenvalue weighted by Gasteiger charge is -2.34. The molecule has 26 heavy (non-hydrogen) atoms. The molecule has 0 fully saturated rings.